The van der Waals surface area contributed by atoms with Gasteiger partial charge in [-0.1, -0.05) is 24.3 Å². The molecule has 104 valence electrons. The maximum absolute atomic E-state index is 3.44. The summed E-state index contributed by atoms with van der Waals surface area (Å²) in [5, 5.41) is 3.44. The molecule has 2 heterocycles. The average Bonchev–Trinajstić information content (AvgIpc) is 2.95. The fraction of sp³-hybridized carbons (Fsp3) is 0.647. The Balaban J connectivity index is 1.52. The molecule has 0 bridgehead atoms. The van der Waals surface area contributed by atoms with E-state index in [1.165, 1.54) is 69.4 Å². The maximum atomic E-state index is 3.44. The number of piperidine rings is 1. The van der Waals surface area contributed by atoms with Gasteiger partial charge in [0.25, 0.3) is 0 Å². The van der Waals surface area contributed by atoms with Crippen LogP contribution in [0.1, 0.15) is 36.8 Å². The zero-order chi connectivity index (χ0) is 12.9. The summed E-state index contributed by atoms with van der Waals surface area (Å²) in [4.78, 5) is 2.57. The first-order valence-corrected chi connectivity index (χ1v) is 7.91. The van der Waals surface area contributed by atoms with Crippen LogP contribution in [0.25, 0.3) is 0 Å². The van der Waals surface area contributed by atoms with Crippen LogP contribution in [0.2, 0.25) is 0 Å². The number of rotatable bonds is 4. The first-order valence-electron chi connectivity index (χ1n) is 7.91. The highest BCUT2D eigenvalue weighted by molar-refractivity contribution is 5.23. The van der Waals surface area contributed by atoms with E-state index < -0.39 is 0 Å². The van der Waals surface area contributed by atoms with Gasteiger partial charge in [-0.15, -0.1) is 0 Å². The van der Waals surface area contributed by atoms with Crippen LogP contribution in [0.15, 0.2) is 24.3 Å². The molecule has 0 atom stereocenters. The Labute approximate surface area is 117 Å². The molecule has 2 saturated heterocycles. The normalized spacial score (nSPS) is 21.9. The second kappa shape index (κ2) is 6.53. The van der Waals surface area contributed by atoms with E-state index in [0.29, 0.717) is 0 Å². The minimum atomic E-state index is 0.894. The van der Waals surface area contributed by atoms with Crippen molar-refractivity contribution in [3.63, 3.8) is 0 Å². The number of nitrogens with one attached hydrogen (secondary N) is 1. The SMILES string of the molecule is c1cc(CN2CCCC2)ccc1CC1CCNCC1. The van der Waals surface area contributed by atoms with Gasteiger partial charge in [-0.05, 0) is 75.3 Å². The summed E-state index contributed by atoms with van der Waals surface area (Å²) in [6, 6.07) is 9.39. The van der Waals surface area contributed by atoms with E-state index in [0.717, 1.165) is 12.5 Å². The summed E-state index contributed by atoms with van der Waals surface area (Å²) < 4.78 is 0. The molecule has 3 rings (SSSR count). The van der Waals surface area contributed by atoms with E-state index in [4.69, 9.17) is 0 Å². The van der Waals surface area contributed by atoms with Crippen LogP contribution >= 0.6 is 0 Å². The maximum Gasteiger partial charge on any atom is 0.0233 e. The molecule has 2 heteroatoms. The van der Waals surface area contributed by atoms with E-state index in [2.05, 4.69) is 34.5 Å². The highest BCUT2D eigenvalue weighted by atomic mass is 15.1. The Morgan fingerprint density at radius 3 is 2.26 bits per heavy atom. The molecule has 0 radical (unpaired) electrons. The number of hydrogen-bond donors (Lipinski definition) is 1. The summed E-state index contributed by atoms with van der Waals surface area (Å²) in [7, 11) is 0. The minimum Gasteiger partial charge on any atom is -0.317 e. The summed E-state index contributed by atoms with van der Waals surface area (Å²) in [5.74, 6) is 0.894. The Morgan fingerprint density at radius 1 is 0.947 bits per heavy atom. The molecule has 0 saturated carbocycles. The molecule has 1 aromatic rings. The van der Waals surface area contributed by atoms with Gasteiger partial charge in [-0.25, -0.2) is 0 Å². The predicted octanol–water partition coefficient (Wildman–Crippen LogP) is 2.82. The number of benzene rings is 1. The van der Waals surface area contributed by atoms with Gasteiger partial charge in [0, 0.05) is 6.54 Å². The van der Waals surface area contributed by atoms with Gasteiger partial charge in [-0.2, -0.15) is 0 Å². The van der Waals surface area contributed by atoms with Crippen LogP contribution in [-0.2, 0) is 13.0 Å². The lowest BCUT2D eigenvalue weighted by Gasteiger charge is -2.22. The van der Waals surface area contributed by atoms with E-state index >= 15 is 0 Å². The number of nitrogens with zero attached hydrogens (tertiary/aromatic N) is 1. The summed E-state index contributed by atoms with van der Waals surface area (Å²) in [6.07, 6.45) is 6.72. The molecule has 2 aliphatic heterocycles. The molecule has 1 aromatic carbocycles. The van der Waals surface area contributed by atoms with Crippen LogP contribution in [-0.4, -0.2) is 31.1 Å². The van der Waals surface area contributed by atoms with Crippen molar-refractivity contribution in [2.75, 3.05) is 26.2 Å². The lowest BCUT2D eigenvalue weighted by atomic mass is 9.91. The van der Waals surface area contributed by atoms with Gasteiger partial charge < -0.3 is 5.32 Å². The zero-order valence-electron chi connectivity index (χ0n) is 11.9. The Morgan fingerprint density at radius 2 is 1.58 bits per heavy atom. The van der Waals surface area contributed by atoms with Crippen LogP contribution < -0.4 is 5.32 Å². The van der Waals surface area contributed by atoms with Crippen molar-refractivity contribution in [1.29, 1.82) is 0 Å². The van der Waals surface area contributed by atoms with E-state index in [9.17, 15) is 0 Å². The van der Waals surface area contributed by atoms with Gasteiger partial charge in [0.2, 0.25) is 0 Å². The van der Waals surface area contributed by atoms with Crippen molar-refractivity contribution in [3.05, 3.63) is 35.4 Å². The molecule has 0 spiro atoms. The zero-order valence-corrected chi connectivity index (χ0v) is 11.9. The third-order valence-corrected chi connectivity index (χ3v) is 4.61. The van der Waals surface area contributed by atoms with Gasteiger partial charge in [-0.3, -0.25) is 4.90 Å². The summed E-state index contributed by atoms with van der Waals surface area (Å²) >= 11 is 0. The van der Waals surface area contributed by atoms with Crippen LogP contribution in [0.3, 0.4) is 0 Å². The lowest BCUT2D eigenvalue weighted by Crippen LogP contribution is -2.28. The first-order chi connectivity index (χ1) is 9.40. The van der Waals surface area contributed by atoms with Gasteiger partial charge in [0.1, 0.15) is 0 Å². The smallest absolute Gasteiger partial charge is 0.0233 e. The van der Waals surface area contributed by atoms with Crippen molar-refractivity contribution >= 4 is 0 Å². The number of hydrogen-bond acceptors (Lipinski definition) is 2. The minimum absolute atomic E-state index is 0.894. The first kappa shape index (κ1) is 13.1. The quantitative estimate of drug-likeness (QED) is 0.893. The highest BCUT2D eigenvalue weighted by Gasteiger charge is 2.14. The van der Waals surface area contributed by atoms with E-state index in [-0.39, 0.29) is 0 Å². The van der Waals surface area contributed by atoms with Crippen LogP contribution in [0, 0.1) is 5.92 Å². The molecule has 0 aromatic heterocycles. The largest absolute Gasteiger partial charge is 0.317 e. The van der Waals surface area contributed by atoms with Crippen molar-refractivity contribution in [3.8, 4) is 0 Å². The third-order valence-electron chi connectivity index (χ3n) is 4.61. The Kier molecular flexibility index (Phi) is 4.52. The van der Waals surface area contributed by atoms with Gasteiger partial charge in [0.15, 0.2) is 0 Å². The third kappa shape index (κ3) is 3.80. The molecular weight excluding hydrogens is 232 g/mol. The lowest BCUT2D eigenvalue weighted by molar-refractivity contribution is 0.331. The molecule has 1 N–H and O–H groups in total. The fourth-order valence-electron chi connectivity index (χ4n) is 3.40. The second-order valence-electron chi connectivity index (χ2n) is 6.20. The van der Waals surface area contributed by atoms with Crippen molar-refractivity contribution in [2.24, 2.45) is 5.92 Å². The van der Waals surface area contributed by atoms with Gasteiger partial charge in [0.05, 0.1) is 0 Å². The van der Waals surface area contributed by atoms with E-state index in [1.54, 1.807) is 0 Å². The van der Waals surface area contributed by atoms with Crippen molar-refractivity contribution < 1.29 is 0 Å². The summed E-state index contributed by atoms with van der Waals surface area (Å²) in [5.41, 5.74) is 3.01. The Hall–Kier alpha value is -0.860. The molecule has 0 amide bonds. The number of likely N-dealkylation sites (tertiary alicyclic amines) is 1. The highest BCUT2D eigenvalue weighted by Crippen LogP contribution is 2.19. The molecule has 2 fully saturated rings. The van der Waals surface area contributed by atoms with Crippen LogP contribution in [0.5, 0.6) is 0 Å². The molecule has 0 aliphatic carbocycles. The average molecular weight is 258 g/mol. The van der Waals surface area contributed by atoms with E-state index in [1.807, 2.05) is 0 Å². The topological polar surface area (TPSA) is 15.3 Å². The monoisotopic (exact) mass is 258 g/mol. The van der Waals surface area contributed by atoms with Crippen molar-refractivity contribution in [1.82, 2.24) is 10.2 Å². The molecule has 19 heavy (non-hydrogen) atoms. The fourth-order valence-corrected chi connectivity index (χ4v) is 3.40. The Bertz CT molecular complexity index is 373. The molecule has 2 aliphatic rings. The predicted molar refractivity (Wildman–Crippen MR) is 80.3 cm³/mol. The molecular formula is C17H26N2. The molecule has 0 unspecified atom stereocenters. The second-order valence-corrected chi connectivity index (χ2v) is 6.20. The molecule has 2 nitrogen and oxygen atoms in total. The van der Waals surface area contributed by atoms with Gasteiger partial charge >= 0.3 is 0 Å². The summed E-state index contributed by atoms with van der Waals surface area (Å²) in [6.45, 7) is 6.14. The van der Waals surface area contributed by atoms with Crippen molar-refractivity contribution in [2.45, 2.75) is 38.6 Å². The standard InChI is InChI=1S/C17H26N2/c1-2-12-19(11-1)14-17-5-3-15(4-6-17)13-16-7-9-18-10-8-16/h3-6,16,18H,1-2,7-14H2. The van der Waals surface area contributed by atoms with Crippen LogP contribution in [0.4, 0.5) is 0 Å².